The number of rotatable bonds is 8. The van der Waals surface area contributed by atoms with Gasteiger partial charge < -0.3 is 15.3 Å². The molecule has 0 unspecified atom stereocenters. The Bertz CT molecular complexity index is 161. The minimum absolute atomic E-state index is 0.223. The minimum Gasteiger partial charge on any atom is -0.394 e. The van der Waals surface area contributed by atoms with Crippen LogP contribution in [0.5, 0.6) is 0 Å². The quantitative estimate of drug-likeness (QED) is 0.565. The topological polar surface area (TPSA) is 63.9 Å². The number of hydrogen-bond donors (Lipinski definition) is 3. The lowest BCUT2D eigenvalue weighted by Gasteiger charge is -2.42. The van der Waals surface area contributed by atoms with Gasteiger partial charge in [-0.3, -0.25) is 4.90 Å². The Morgan fingerprint density at radius 2 is 1.12 bits per heavy atom. The van der Waals surface area contributed by atoms with Crippen LogP contribution < -0.4 is 0 Å². The third-order valence-electron chi connectivity index (χ3n) is 2.72. The molecule has 16 heavy (non-hydrogen) atoms. The molecule has 0 saturated carbocycles. The average Bonchev–Trinajstić information content (AvgIpc) is 2.19. The number of aliphatic hydroxyl groups is 3. The van der Waals surface area contributed by atoms with Crippen LogP contribution in [-0.2, 0) is 0 Å². The summed E-state index contributed by atoms with van der Waals surface area (Å²) in [6, 6.07) is 0. The molecule has 0 radical (unpaired) electrons. The number of aliphatic hydroxyl groups excluding tert-OH is 3. The lowest BCUT2D eigenvalue weighted by atomic mass is 9.97. The van der Waals surface area contributed by atoms with Crippen molar-refractivity contribution in [2.24, 2.45) is 11.8 Å². The van der Waals surface area contributed by atoms with Crippen LogP contribution in [-0.4, -0.2) is 58.7 Å². The summed E-state index contributed by atoms with van der Waals surface area (Å²) in [4.78, 5) is 2.00. The van der Waals surface area contributed by atoms with Crippen LogP contribution in [0.3, 0.4) is 0 Å². The first-order valence-corrected chi connectivity index (χ1v) is 5.99. The molecule has 4 heteroatoms. The minimum atomic E-state index is -0.894. The fourth-order valence-electron chi connectivity index (χ4n) is 1.79. The van der Waals surface area contributed by atoms with E-state index in [4.69, 9.17) is 0 Å². The highest BCUT2D eigenvalue weighted by molar-refractivity contribution is 4.90. The summed E-state index contributed by atoms with van der Waals surface area (Å²) in [6.07, 6.45) is 0. The van der Waals surface area contributed by atoms with Crippen molar-refractivity contribution >= 4 is 0 Å². The van der Waals surface area contributed by atoms with E-state index in [1.54, 1.807) is 0 Å². The lowest BCUT2D eigenvalue weighted by Crippen LogP contribution is -2.59. The molecule has 0 aliphatic carbocycles. The van der Waals surface area contributed by atoms with Crippen molar-refractivity contribution in [3.8, 4) is 0 Å². The van der Waals surface area contributed by atoms with Crippen molar-refractivity contribution in [3.05, 3.63) is 0 Å². The van der Waals surface area contributed by atoms with Gasteiger partial charge in [0, 0.05) is 13.1 Å². The van der Waals surface area contributed by atoms with Gasteiger partial charge in [-0.15, -0.1) is 0 Å². The summed E-state index contributed by atoms with van der Waals surface area (Å²) in [5.74, 6) is 0.866. The molecule has 0 saturated heterocycles. The summed E-state index contributed by atoms with van der Waals surface area (Å²) in [5.41, 5.74) is -0.894. The molecule has 0 aromatic carbocycles. The molecule has 0 amide bonds. The summed E-state index contributed by atoms with van der Waals surface area (Å²) < 4.78 is 0. The maximum Gasteiger partial charge on any atom is 0.0906 e. The molecule has 0 atom stereocenters. The summed E-state index contributed by atoms with van der Waals surface area (Å²) in [6.45, 7) is 9.21. The van der Waals surface area contributed by atoms with Crippen LogP contribution in [0.1, 0.15) is 27.7 Å². The normalized spacial score (nSPS) is 13.1. The molecule has 98 valence electrons. The van der Waals surface area contributed by atoms with Gasteiger partial charge in [-0.05, 0) is 11.8 Å². The van der Waals surface area contributed by atoms with E-state index in [-0.39, 0.29) is 19.8 Å². The van der Waals surface area contributed by atoms with Crippen molar-refractivity contribution in [2.45, 2.75) is 33.2 Å². The first-order chi connectivity index (χ1) is 7.41. The highest BCUT2D eigenvalue weighted by atomic mass is 16.3. The molecule has 0 rings (SSSR count). The second kappa shape index (κ2) is 7.22. The lowest BCUT2D eigenvalue weighted by molar-refractivity contribution is -0.0570. The van der Waals surface area contributed by atoms with Gasteiger partial charge in [0.2, 0.25) is 0 Å². The molecule has 0 heterocycles. The maximum absolute atomic E-state index is 9.41. The predicted molar refractivity (Wildman–Crippen MR) is 65.2 cm³/mol. The largest absolute Gasteiger partial charge is 0.394 e. The van der Waals surface area contributed by atoms with Crippen molar-refractivity contribution in [2.75, 3.05) is 32.9 Å². The fourth-order valence-corrected chi connectivity index (χ4v) is 1.79. The van der Waals surface area contributed by atoms with E-state index in [1.165, 1.54) is 0 Å². The Labute approximate surface area is 98.9 Å². The van der Waals surface area contributed by atoms with Crippen LogP contribution in [0.25, 0.3) is 0 Å². The van der Waals surface area contributed by atoms with Gasteiger partial charge in [0.25, 0.3) is 0 Å². The van der Waals surface area contributed by atoms with Gasteiger partial charge in [-0.1, -0.05) is 27.7 Å². The van der Waals surface area contributed by atoms with Crippen molar-refractivity contribution in [1.29, 1.82) is 0 Å². The molecule has 0 spiro atoms. The van der Waals surface area contributed by atoms with Crippen LogP contribution in [0, 0.1) is 11.8 Å². The molecule has 0 aliphatic rings. The maximum atomic E-state index is 9.41. The van der Waals surface area contributed by atoms with Gasteiger partial charge in [0.15, 0.2) is 0 Å². The summed E-state index contributed by atoms with van der Waals surface area (Å²) in [7, 11) is 0. The highest BCUT2D eigenvalue weighted by Crippen LogP contribution is 2.18. The van der Waals surface area contributed by atoms with Crippen molar-refractivity contribution < 1.29 is 15.3 Å². The fraction of sp³-hybridized carbons (Fsp3) is 1.00. The average molecular weight is 233 g/mol. The Morgan fingerprint density at radius 1 is 0.812 bits per heavy atom. The van der Waals surface area contributed by atoms with E-state index in [9.17, 15) is 15.3 Å². The van der Waals surface area contributed by atoms with Crippen LogP contribution >= 0.6 is 0 Å². The zero-order chi connectivity index (χ0) is 12.8. The molecule has 3 N–H and O–H groups in total. The highest BCUT2D eigenvalue weighted by Gasteiger charge is 2.35. The smallest absolute Gasteiger partial charge is 0.0906 e. The predicted octanol–water partition coefficient (Wildman–Crippen LogP) is 0.316. The van der Waals surface area contributed by atoms with Gasteiger partial charge in [0.1, 0.15) is 0 Å². The second-order valence-corrected chi connectivity index (χ2v) is 5.39. The molecular weight excluding hydrogens is 206 g/mol. The van der Waals surface area contributed by atoms with Crippen LogP contribution in [0.4, 0.5) is 0 Å². The third kappa shape index (κ3) is 4.37. The molecule has 0 bridgehead atoms. The monoisotopic (exact) mass is 233 g/mol. The van der Waals surface area contributed by atoms with Gasteiger partial charge in [-0.2, -0.15) is 0 Å². The molecule has 0 fully saturated rings. The zero-order valence-electron chi connectivity index (χ0n) is 11.0. The Hall–Kier alpha value is -0.160. The molecule has 0 aromatic heterocycles. The molecule has 0 aromatic rings. The Morgan fingerprint density at radius 3 is 1.31 bits per heavy atom. The van der Waals surface area contributed by atoms with E-state index >= 15 is 0 Å². The Balaban J connectivity index is 4.80. The summed E-state index contributed by atoms with van der Waals surface area (Å²) in [5, 5.41) is 28.2. The van der Waals surface area contributed by atoms with Crippen molar-refractivity contribution in [3.63, 3.8) is 0 Å². The van der Waals surface area contributed by atoms with E-state index in [0.717, 1.165) is 13.1 Å². The van der Waals surface area contributed by atoms with E-state index in [0.29, 0.717) is 11.8 Å². The van der Waals surface area contributed by atoms with Crippen molar-refractivity contribution in [1.82, 2.24) is 4.90 Å². The summed E-state index contributed by atoms with van der Waals surface area (Å²) >= 11 is 0. The first kappa shape index (κ1) is 15.8. The van der Waals surface area contributed by atoms with Crippen LogP contribution in [0.2, 0.25) is 0 Å². The number of hydrogen-bond acceptors (Lipinski definition) is 4. The SMILES string of the molecule is CC(C)CN(CC(C)C)C(CO)(CO)CO. The van der Waals surface area contributed by atoms with Gasteiger partial charge in [0.05, 0.1) is 25.4 Å². The first-order valence-electron chi connectivity index (χ1n) is 5.99. The molecular formula is C12H27NO3. The number of nitrogens with zero attached hydrogens (tertiary/aromatic N) is 1. The Kier molecular flexibility index (Phi) is 7.15. The zero-order valence-corrected chi connectivity index (χ0v) is 11.0. The van der Waals surface area contributed by atoms with Gasteiger partial charge >= 0.3 is 0 Å². The standard InChI is InChI=1S/C12H27NO3/c1-10(2)5-13(6-11(3)4)12(7-14,8-15)9-16/h10-11,14-16H,5-9H2,1-4H3. The van der Waals surface area contributed by atoms with E-state index in [2.05, 4.69) is 27.7 Å². The molecule has 4 nitrogen and oxygen atoms in total. The third-order valence-corrected chi connectivity index (χ3v) is 2.72. The van der Waals surface area contributed by atoms with E-state index in [1.807, 2.05) is 4.90 Å². The second-order valence-electron chi connectivity index (χ2n) is 5.39. The van der Waals surface area contributed by atoms with Crippen LogP contribution in [0.15, 0.2) is 0 Å². The van der Waals surface area contributed by atoms with E-state index < -0.39 is 5.54 Å². The van der Waals surface area contributed by atoms with Gasteiger partial charge in [-0.25, -0.2) is 0 Å². The molecule has 0 aliphatic heterocycles.